The first-order valence-electron chi connectivity index (χ1n) is 10.6. The van der Waals surface area contributed by atoms with Crippen LogP contribution in [0, 0.1) is 0 Å². The minimum absolute atomic E-state index is 0.0611. The third-order valence-electron chi connectivity index (χ3n) is 5.92. The van der Waals surface area contributed by atoms with Crippen LogP contribution in [0.5, 0.6) is 5.75 Å². The van der Waals surface area contributed by atoms with Gasteiger partial charge in [0.1, 0.15) is 17.1 Å². The molecule has 33 heavy (non-hydrogen) atoms. The van der Waals surface area contributed by atoms with Crippen molar-refractivity contribution in [3.05, 3.63) is 66.1 Å². The van der Waals surface area contributed by atoms with Gasteiger partial charge in [0, 0.05) is 43.3 Å². The third-order valence-corrected chi connectivity index (χ3v) is 8.11. The largest absolute Gasteiger partial charge is 0.495 e. The van der Waals surface area contributed by atoms with E-state index in [9.17, 15) is 8.42 Å². The number of hydrogen-bond acceptors (Lipinski definition) is 6. The van der Waals surface area contributed by atoms with Crippen molar-refractivity contribution in [1.82, 2.24) is 23.8 Å². The summed E-state index contributed by atoms with van der Waals surface area (Å²) in [4.78, 5) is 13.8. The van der Waals surface area contributed by atoms with Crippen molar-refractivity contribution in [2.24, 2.45) is 0 Å². The lowest BCUT2D eigenvalue weighted by Gasteiger charge is -2.32. The second-order valence-corrected chi connectivity index (χ2v) is 10.2. The van der Waals surface area contributed by atoms with E-state index in [0.717, 1.165) is 22.6 Å². The number of benzene rings is 1. The second kappa shape index (κ2) is 8.74. The fraction of sp³-hybridized carbons (Fsp3) is 0.261. The van der Waals surface area contributed by atoms with E-state index >= 15 is 0 Å². The molecule has 1 aliphatic rings. The summed E-state index contributed by atoms with van der Waals surface area (Å²) in [5, 5.41) is 0.269. The van der Waals surface area contributed by atoms with Crippen LogP contribution in [0.1, 0.15) is 18.9 Å². The van der Waals surface area contributed by atoms with Crippen LogP contribution in [-0.4, -0.2) is 52.4 Å². The number of fused-ring (bicyclic) bond motifs is 1. The number of imidazole rings is 1. The lowest BCUT2D eigenvalue weighted by atomic mass is 10.1. The third kappa shape index (κ3) is 3.96. The summed E-state index contributed by atoms with van der Waals surface area (Å²) < 4.78 is 35.2. The molecule has 5 rings (SSSR count). The van der Waals surface area contributed by atoms with E-state index in [1.54, 1.807) is 24.7 Å². The molecule has 4 heterocycles. The van der Waals surface area contributed by atoms with Gasteiger partial charge in [0.25, 0.3) is 0 Å². The molecule has 1 fully saturated rings. The highest BCUT2D eigenvalue weighted by molar-refractivity contribution is 7.89. The average molecular weight is 484 g/mol. The number of halogens is 1. The van der Waals surface area contributed by atoms with Gasteiger partial charge in [0.05, 0.1) is 17.0 Å². The van der Waals surface area contributed by atoms with E-state index in [0.29, 0.717) is 31.7 Å². The highest BCUT2D eigenvalue weighted by atomic mass is 35.5. The molecule has 0 aliphatic carbocycles. The molecular weight excluding hydrogens is 462 g/mol. The van der Waals surface area contributed by atoms with Crippen molar-refractivity contribution >= 4 is 32.8 Å². The molecule has 1 saturated heterocycles. The number of hydrogen-bond donors (Lipinski definition) is 0. The molecule has 4 aromatic rings. The highest BCUT2D eigenvalue weighted by Gasteiger charge is 2.32. The van der Waals surface area contributed by atoms with Gasteiger partial charge in [-0.15, -0.1) is 0 Å². The Bertz CT molecular complexity index is 1400. The van der Waals surface area contributed by atoms with E-state index in [1.165, 1.54) is 23.5 Å². The molecule has 3 aromatic heterocycles. The maximum Gasteiger partial charge on any atom is 0.243 e. The lowest BCUT2D eigenvalue weighted by Crippen LogP contribution is -2.39. The van der Waals surface area contributed by atoms with E-state index < -0.39 is 10.0 Å². The Hall–Kier alpha value is -3.01. The van der Waals surface area contributed by atoms with Crippen LogP contribution in [0.25, 0.3) is 22.6 Å². The highest BCUT2D eigenvalue weighted by Crippen LogP contribution is 2.35. The molecule has 1 aromatic carbocycles. The fourth-order valence-corrected chi connectivity index (χ4v) is 6.09. The summed E-state index contributed by atoms with van der Waals surface area (Å²) in [6, 6.07) is 12.2. The molecule has 8 nitrogen and oxygen atoms in total. The zero-order chi connectivity index (χ0) is 23.0. The molecule has 170 valence electrons. The number of piperidine rings is 1. The smallest absolute Gasteiger partial charge is 0.243 e. The summed E-state index contributed by atoms with van der Waals surface area (Å²) in [6.45, 7) is 0.769. The quantitative estimate of drug-likeness (QED) is 0.423. The summed E-state index contributed by atoms with van der Waals surface area (Å²) >= 11 is 6.17. The number of pyridine rings is 2. The number of rotatable bonds is 5. The molecule has 10 heteroatoms. The molecule has 0 amide bonds. The van der Waals surface area contributed by atoms with E-state index in [4.69, 9.17) is 21.3 Å². The van der Waals surface area contributed by atoms with Crippen LogP contribution in [0.4, 0.5) is 0 Å². The summed E-state index contributed by atoms with van der Waals surface area (Å²) in [5.74, 6) is 1.23. The predicted octanol–water partition coefficient (Wildman–Crippen LogP) is 4.18. The molecule has 1 aliphatic heterocycles. The van der Waals surface area contributed by atoms with Crippen LogP contribution >= 0.6 is 11.6 Å². The molecule has 0 unspecified atom stereocenters. The Morgan fingerprint density at radius 3 is 2.58 bits per heavy atom. The Labute approximate surface area is 196 Å². The van der Waals surface area contributed by atoms with Gasteiger partial charge in [0.15, 0.2) is 5.65 Å². The zero-order valence-corrected chi connectivity index (χ0v) is 19.5. The molecule has 0 N–H and O–H groups in total. The SMILES string of the molecule is COc1ccc(S(=O)(=O)N2CCC(n3c(-c4cccnc4)nc4cccnc43)CC2)cc1Cl. The van der Waals surface area contributed by atoms with E-state index in [-0.39, 0.29) is 16.0 Å². The topological polar surface area (TPSA) is 90.2 Å². The van der Waals surface area contributed by atoms with Gasteiger partial charge in [-0.25, -0.2) is 18.4 Å². The summed E-state index contributed by atoms with van der Waals surface area (Å²) in [5.41, 5.74) is 2.50. The van der Waals surface area contributed by atoms with E-state index in [1.807, 2.05) is 24.3 Å². The number of nitrogens with zero attached hydrogens (tertiary/aromatic N) is 5. The number of sulfonamides is 1. The molecule has 0 radical (unpaired) electrons. The van der Waals surface area contributed by atoms with Crippen LogP contribution in [0.2, 0.25) is 5.02 Å². The van der Waals surface area contributed by atoms with Crippen LogP contribution < -0.4 is 4.74 Å². The Morgan fingerprint density at radius 2 is 1.88 bits per heavy atom. The van der Waals surface area contributed by atoms with Crippen LogP contribution in [0.3, 0.4) is 0 Å². The second-order valence-electron chi connectivity index (χ2n) is 7.82. The normalized spacial score (nSPS) is 15.7. The first kappa shape index (κ1) is 21.8. The number of methoxy groups -OCH3 is 1. The minimum atomic E-state index is -3.66. The van der Waals surface area contributed by atoms with Gasteiger partial charge < -0.3 is 9.30 Å². The standard InChI is InChI=1S/C23H22ClN5O3S/c1-32-21-7-6-18(14-19(21)24)33(30,31)28-12-8-17(9-13-28)29-22(16-4-2-10-25-15-16)27-20-5-3-11-26-23(20)29/h2-7,10-11,14-15,17H,8-9,12-13H2,1H3. The van der Waals surface area contributed by atoms with Gasteiger partial charge in [-0.2, -0.15) is 4.31 Å². The molecular formula is C23H22ClN5O3S. The van der Waals surface area contributed by atoms with Gasteiger partial charge in [0.2, 0.25) is 10.0 Å². The molecule has 0 saturated carbocycles. The summed E-state index contributed by atoms with van der Waals surface area (Å²) in [7, 11) is -2.17. The molecule has 0 atom stereocenters. The van der Waals surface area contributed by atoms with Crippen molar-refractivity contribution in [3.63, 3.8) is 0 Å². The minimum Gasteiger partial charge on any atom is -0.495 e. The first-order valence-corrected chi connectivity index (χ1v) is 12.4. The Kier molecular flexibility index (Phi) is 5.77. The number of aromatic nitrogens is 4. The monoisotopic (exact) mass is 483 g/mol. The van der Waals surface area contributed by atoms with Crippen molar-refractivity contribution in [2.45, 2.75) is 23.8 Å². The van der Waals surface area contributed by atoms with Crippen LogP contribution in [-0.2, 0) is 10.0 Å². The average Bonchev–Trinajstić information content (AvgIpc) is 3.24. The maximum absolute atomic E-state index is 13.2. The van der Waals surface area contributed by atoms with Crippen LogP contribution in [0.15, 0.2) is 66.0 Å². The molecule has 0 bridgehead atoms. The van der Waals surface area contributed by atoms with Gasteiger partial charge in [-0.3, -0.25) is 4.98 Å². The lowest BCUT2D eigenvalue weighted by molar-refractivity contribution is 0.278. The zero-order valence-electron chi connectivity index (χ0n) is 17.9. The number of ether oxygens (including phenoxy) is 1. The summed E-state index contributed by atoms with van der Waals surface area (Å²) in [6.07, 6.45) is 6.53. The Balaban J connectivity index is 1.43. The van der Waals surface area contributed by atoms with Gasteiger partial charge in [-0.1, -0.05) is 11.6 Å². The van der Waals surface area contributed by atoms with Crippen molar-refractivity contribution in [2.75, 3.05) is 20.2 Å². The van der Waals surface area contributed by atoms with Gasteiger partial charge >= 0.3 is 0 Å². The van der Waals surface area contributed by atoms with Crippen molar-refractivity contribution in [3.8, 4) is 17.1 Å². The first-order chi connectivity index (χ1) is 16.0. The van der Waals surface area contributed by atoms with Crippen molar-refractivity contribution in [1.29, 1.82) is 0 Å². The van der Waals surface area contributed by atoms with Gasteiger partial charge in [-0.05, 0) is 55.3 Å². The Morgan fingerprint density at radius 1 is 1.09 bits per heavy atom. The fourth-order valence-electron chi connectivity index (χ4n) is 4.27. The van der Waals surface area contributed by atoms with E-state index in [2.05, 4.69) is 14.5 Å². The molecule has 0 spiro atoms. The van der Waals surface area contributed by atoms with Crippen molar-refractivity contribution < 1.29 is 13.2 Å². The predicted molar refractivity (Wildman–Crippen MR) is 126 cm³/mol. The maximum atomic E-state index is 13.2.